The van der Waals surface area contributed by atoms with Gasteiger partial charge in [0.2, 0.25) is 5.91 Å². The first-order valence-electron chi connectivity index (χ1n) is 7.31. The molecule has 2 rings (SSSR count). The molecule has 2 heterocycles. The minimum Gasteiger partial charge on any atom is -0.338 e. The van der Waals surface area contributed by atoms with Gasteiger partial charge in [-0.3, -0.25) is 9.59 Å². The summed E-state index contributed by atoms with van der Waals surface area (Å²) in [5, 5.41) is 3.24. The standard InChI is InChI=1S/C15H23N3O2/c1-3-4-13(15(20)17-9-7-16-8-10-17)18-11-12(2)5-6-14(18)19/h5-6,11,13,16H,3-4,7-10H2,1-2H3. The van der Waals surface area contributed by atoms with Crippen LogP contribution in [0.25, 0.3) is 0 Å². The van der Waals surface area contributed by atoms with Gasteiger partial charge in [-0.1, -0.05) is 19.4 Å². The monoisotopic (exact) mass is 277 g/mol. The minimum atomic E-state index is -0.370. The van der Waals surface area contributed by atoms with Crippen LogP contribution in [-0.4, -0.2) is 41.6 Å². The van der Waals surface area contributed by atoms with Crippen molar-refractivity contribution in [2.45, 2.75) is 32.7 Å². The highest BCUT2D eigenvalue weighted by Crippen LogP contribution is 2.16. The Morgan fingerprint density at radius 2 is 2.05 bits per heavy atom. The maximum absolute atomic E-state index is 12.7. The first kappa shape index (κ1) is 14.8. The van der Waals surface area contributed by atoms with Gasteiger partial charge in [0.05, 0.1) is 0 Å². The van der Waals surface area contributed by atoms with Crippen LogP contribution in [0, 0.1) is 6.92 Å². The molecular weight excluding hydrogens is 254 g/mol. The van der Waals surface area contributed by atoms with E-state index in [0.717, 1.165) is 38.2 Å². The maximum atomic E-state index is 12.7. The summed E-state index contributed by atoms with van der Waals surface area (Å²) in [5.74, 6) is 0.0704. The fourth-order valence-electron chi connectivity index (χ4n) is 2.61. The van der Waals surface area contributed by atoms with Gasteiger partial charge in [-0.15, -0.1) is 0 Å². The van der Waals surface area contributed by atoms with Crippen LogP contribution in [0.4, 0.5) is 0 Å². The molecule has 110 valence electrons. The van der Waals surface area contributed by atoms with Crippen molar-refractivity contribution in [1.82, 2.24) is 14.8 Å². The molecule has 0 saturated carbocycles. The number of nitrogens with zero attached hydrogens (tertiary/aromatic N) is 2. The smallest absolute Gasteiger partial charge is 0.251 e. The molecule has 1 aliphatic rings. The van der Waals surface area contributed by atoms with Gasteiger partial charge in [0.1, 0.15) is 6.04 Å². The van der Waals surface area contributed by atoms with Crippen molar-refractivity contribution >= 4 is 5.91 Å². The van der Waals surface area contributed by atoms with Crippen LogP contribution in [0.15, 0.2) is 23.1 Å². The average molecular weight is 277 g/mol. The van der Waals surface area contributed by atoms with E-state index >= 15 is 0 Å². The van der Waals surface area contributed by atoms with Gasteiger partial charge in [0, 0.05) is 38.4 Å². The van der Waals surface area contributed by atoms with Crippen LogP contribution in [-0.2, 0) is 4.79 Å². The topological polar surface area (TPSA) is 54.3 Å². The van der Waals surface area contributed by atoms with Crippen LogP contribution >= 0.6 is 0 Å². The van der Waals surface area contributed by atoms with E-state index in [4.69, 9.17) is 0 Å². The molecule has 0 aromatic carbocycles. The van der Waals surface area contributed by atoms with Crippen molar-refractivity contribution in [3.63, 3.8) is 0 Å². The zero-order valence-electron chi connectivity index (χ0n) is 12.3. The van der Waals surface area contributed by atoms with Crippen molar-refractivity contribution in [2.75, 3.05) is 26.2 Å². The number of pyridine rings is 1. The van der Waals surface area contributed by atoms with E-state index < -0.39 is 0 Å². The summed E-state index contributed by atoms with van der Waals surface area (Å²) in [4.78, 5) is 26.6. The Morgan fingerprint density at radius 1 is 1.35 bits per heavy atom. The first-order valence-corrected chi connectivity index (χ1v) is 7.31. The average Bonchev–Trinajstić information content (AvgIpc) is 2.48. The number of carbonyl (C=O) groups is 1. The van der Waals surface area contributed by atoms with Crippen LogP contribution in [0.5, 0.6) is 0 Å². The van der Waals surface area contributed by atoms with Crippen LogP contribution in [0.1, 0.15) is 31.4 Å². The quantitative estimate of drug-likeness (QED) is 0.891. The van der Waals surface area contributed by atoms with Gasteiger partial charge in [0.15, 0.2) is 0 Å². The molecule has 1 saturated heterocycles. The zero-order chi connectivity index (χ0) is 14.5. The molecule has 1 fully saturated rings. The molecule has 5 nitrogen and oxygen atoms in total. The largest absolute Gasteiger partial charge is 0.338 e. The van der Waals surface area contributed by atoms with Gasteiger partial charge < -0.3 is 14.8 Å². The van der Waals surface area contributed by atoms with Crippen LogP contribution in [0.3, 0.4) is 0 Å². The molecule has 20 heavy (non-hydrogen) atoms. The Morgan fingerprint density at radius 3 is 2.70 bits per heavy atom. The molecule has 1 aromatic heterocycles. The van der Waals surface area contributed by atoms with E-state index in [-0.39, 0.29) is 17.5 Å². The molecule has 0 bridgehead atoms. The summed E-state index contributed by atoms with van der Waals surface area (Å²) >= 11 is 0. The van der Waals surface area contributed by atoms with E-state index in [9.17, 15) is 9.59 Å². The lowest BCUT2D eigenvalue weighted by atomic mass is 10.1. The second kappa shape index (κ2) is 6.70. The van der Waals surface area contributed by atoms with Gasteiger partial charge in [-0.2, -0.15) is 0 Å². The van der Waals surface area contributed by atoms with E-state index in [1.165, 1.54) is 0 Å². The molecule has 1 unspecified atom stereocenters. The minimum absolute atomic E-state index is 0.0704. The number of hydrogen-bond acceptors (Lipinski definition) is 3. The molecule has 1 N–H and O–H groups in total. The number of piperazine rings is 1. The number of hydrogen-bond donors (Lipinski definition) is 1. The first-order chi connectivity index (χ1) is 9.63. The Labute approximate surface area is 119 Å². The lowest BCUT2D eigenvalue weighted by molar-refractivity contribution is -0.135. The van der Waals surface area contributed by atoms with Gasteiger partial charge in [-0.25, -0.2) is 0 Å². The molecule has 1 aliphatic heterocycles. The molecule has 0 spiro atoms. The number of carbonyl (C=O) groups excluding carboxylic acids is 1. The third kappa shape index (κ3) is 3.28. The Hall–Kier alpha value is -1.62. The fourth-order valence-corrected chi connectivity index (χ4v) is 2.61. The fraction of sp³-hybridized carbons (Fsp3) is 0.600. The molecule has 1 amide bonds. The summed E-state index contributed by atoms with van der Waals surface area (Å²) in [6, 6.07) is 2.96. The van der Waals surface area contributed by atoms with Crippen molar-refractivity contribution < 1.29 is 4.79 Å². The number of aromatic nitrogens is 1. The third-order valence-corrected chi connectivity index (χ3v) is 3.70. The predicted molar refractivity (Wildman–Crippen MR) is 78.8 cm³/mol. The lowest BCUT2D eigenvalue weighted by Crippen LogP contribution is -2.49. The van der Waals surface area contributed by atoms with Crippen LogP contribution in [0.2, 0.25) is 0 Å². The van der Waals surface area contributed by atoms with Crippen molar-refractivity contribution in [1.29, 1.82) is 0 Å². The van der Waals surface area contributed by atoms with Crippen molar-refractivity contribution in [2.24, 2.45) is 0 Å². The highest BCUT2D eigenvalue weighted by Gasteiger charge is 2.26. The van der Waals surface area contributed by atoms with Crippen LogP contribution < -0.4 is 10.9 Å². The predicted octanol–water partition coefficient (Wildman–Crippen LogP) is 0.930. The Bertz CT molecular complexity index is 518. The van der Waals surface area contributed by atoms with Crippen molar-refractivity contribution in [3.8, 4) is 0 Å². The number of nitrogens with one attached hydrogen (secondary N) is 1. The van der Waals surface area contributed by atoms with Gasteiger partial charge >= 0.3 is 0 Å². The Balaban J connectivity index is 2.27. The molecule has 5 heteroatoms. The van der Waals surface area contributed by atoms with E-state index in [2.05, 4.69) is 5.32 Å². The van der Waals surface area contributed by atoms with Gasteiger partial charge in [0.25, 0.3) is 5.56 Å². The maximum Gasteiger partial charge on any atom is 0.251 e. The van der Waals surface area contributed by atoms with Crippen molar-refractivity contribution in [3.05, 3.63) is 34.2 Å². The SMILES string of the molecule is CCCC(C(=O)N1CCNCC1)n1cc(C)ccc1=O. The molecule has 0 radical (unpaired) electrons. The normalized spacial score (nSPS) is 17.0. The molecule has 1 aromatic rings. The number of rotatable bonds is 4. The number of aryl methyl sites for hydroxylation is 1. The zero-order valence-corrected chi connectivity index (χ0v) is 12.3. The Kier molecular flexibility index (Phi) is 4.95. The second-order valence-electron chi connectivity index (χ2n) is 5.33. The molecule has 1 atom stereocenters. The summed E-state index contributed by atoms with van der Waals surface area (Å²) in [7, 11) is 0. The third-order valence-electron chi connectivity index (χ3n) is 3.70. The summed E-state index contributed by atoms with van der Waals surface area (Å²) in [5.41, 5.74) is 0.899. The summed E-state index contributed by atoms with van der Waals surface area (Å²) in [6.07, 6.45) is 3.37. The molecular formula is C15H23N3O2. The highest BCUT2D eigenvalue weighted by atomic mass is 16.2. The second-order valence-corrected chi connectivity index (χ2v) is 5.33. The van der Waals surface area contributed by atoms with E-state index in [1.54, 1.807) is 22.9 Å². The van der Waals surface area contributed by atoms with E-state index in [0.29, 0.717) is 6.42 Å². The molecule has 0 aliphatic carbocycles. The highest BCUT2D eigenvalue weighted by molar-refractivity contribution is 5.80. The van der Waals surface area contributed by atoms with Gasteiger partial charge in [-0.05, 0) is 18.9 Å². The summed E-state index contributed by atoms with van der Waals surface area (Å²) < 4.78 is 1.60. The lowest BCUT2D eigenvalue weighted by Gasteiger charge is -2.31. The number of amides is 1. The summed E-state index contributed by atoms with van der Waals surface area (Å²) in [6.45, 7) is 7.08. The van der Waals surface area contributed by atoms with E-state index in [1.807, 2.05) is 18.7 Å².